The van der Waals surface area contributed by atoms with Gasteiger partial charge in [-0.05, 0) is 37.3 Å². The average Bonchev–Trinajstić information content (AvgIpc) is 2.30. The number of sulfonamides is 1. The molecule has 0 saturated heterocycles. The van der Waals surface area contributed by atoms with E-state index >= 15 is 0 Å². The first-order valence-corrected chi connectivity index (χ1v) is 6.57. The summed E-state index contributed by atoms with van der Waals surface area (Å²) < 4.78 is 21.4. The Labute approximate surface area is 106 Å². The Morgan fingerprint density at radius 1 is 1.17 bits per heavy atom. The highest BCUT2D eigenvalue weighted by Gasteiger charge is 2.05. The summed E-state index contributed by atoms with van der Waals surface area (Å²) in [7, 11) is -3.61. The first-order valence-electron chi connectivity index (χ1n) is 5.02. The van der Waals surface area contributed by atoms with Crippen LogP contribution in [-0.2, 0) is 10.0 Å². The molecule has 1 heterocycles. The van der Waals surface area contributed by atoms with Gasteiger partial charge in [0.25, 0.3) is 0 Å². The molecule has 4 N–H and O–H groups in total. The number of aromatic nitrogens is 2. The van der Waals surface area contributed by atoms with Gasteiger partial charge in [0, 0.05) is 11.9 Å². The second-order valence-electron chi connectivity index (χ2n) is 3.48. The fourth-order valence-electron chi connectivity index (χ4n) is 1.07. The van der Waals surface area contributed by atoms with E-state index in [2.05, 4.69) is 10.2 Å². The zero-order valence-electron chi connectivity index (χ0n) is 9.82. The van der Waals surface area contributed by atoms with E-state index in [0.717, 1.165) is 5.69 Å². The third-order valence-corrected chi connectivity index (χ3v) is 2.80. The molecule has 0 aliphatic rings. The molecule has 0 spiro atoms. The van der Waals surface area contributed by atoms with Gasteiger partial charge in [-0.2, -0.15) is 10.2 Å². The van der Waals surface area contributed by atoms with Crippen molar-refractivity contribution in [2.75, 3.05) is 5.73 Å². The van der Waals surface area contributed by atoms with Crippen molar-refractivity contribution in [1.29, 1.82) is 0 Å². The van der Waals surface area contributed by atoms with E-state index < -0.39 is 10.0 Å². The van der Waals surface area contributed by atoms with Gasteiger partial charge in [-0.1, -0.05) is 6.07 Å². The van der Waals surface area contributed by atoms with E-state index in [1.54, 1.807) is 12.3 Å². The Bertz CT molecular complexity index is 599. The van der Waals surface area contributed by atoms with Crippen LogP contribution in [0.2, 0.25) is 0 Å². The van der Waals surface area contributed by atoms with E-state index in [1.165, 1.54) is 18.2 Å². The van der Waals surface area contributed by atoms with Crippen molar-refractivity contribution in [2.24, 2.45) is 5.14 Å². The number of nitrogens with two attached hydrogens (primary N) is 2. The highest BCUT2D eigenvalue weighted by molar-refractivity contribution is 7.89. The average molecular weight is 266 g/mol. The van der Waals surface area contributed by atoms with Crippen LogP contribution in [0, 0.1) is 6.92 Å². The first-order chi connectivity index (χ1) is 8.39. The van der Waals surface area contributed by atoms with Gasteiger partial charge >= 0.3 is 0 Å². The van der Waals surface area contributed by atoms with Gasteiger partial charge in [-0.15, -0.1) is 0 Å². The molecule has 7 heteroatoms. The molecular formula is C11H14N4O2S. The monoisotopic (exact) mass is 266 g/mol. The maximum atomic E-state index is 10.7. The molecule has 1 aromatic carbocycles. The molecule has 0 bridgehead atoms. The minimum atomic E-state index is -3.61. The van der Waals surface area contributed by atoms with E-state index in [0.29, 0.717) is 5.69 Å². The topological polar surface area (TPSA) is 112 Å². The lowest BCUT2D eigenvalue weighted by molar-refractivity contribution is 0.598. The third-order valence-electron chi connectivity index (χ3n) is 1.89. The van der Waals surface area contributed by atoms with Crippen LogP contribution in [0.5, 0.6) is 0 Å². The smallest absolute Gasteiger partial charge is 0.238 e. The molecule has 0 saturated carbocycles. The number of hydrogen-bond donors (Lipinski definition) is 2. The Balaban J connectivity index is 0.000000199. The number of nitrogen functional groups attached to an aromatic ring is 1. The summed E-state index contributed by atoms with van der Waals surface area (Å²) in [5, 5.41) is 12.2. The van der Waals surface area contributed by atoms with Gasteiger partial charge in [0.15, 0.2) is 0 Å². The molecule has 0 aliphatic heterocycles. The molecule has 0 amide bonds. The molecule has 0 aliphatic carbocycles. The number of aryl methyl sites for hydroxylation is 1. The van der Waals surface area contributed by atoms with Gasteiger partial charge in [-0.3, -0.25) is 0 Å². The second-order valence-corrected chi connectivity index (χ2v) is 5.04. The SMILES string of the molecule is Cc1cccnn1.Nc1cccc(S(N)(=O)=O)c1. The van der Waals surface area contributed by atoms with Gasteiger partial charge in [0.05, 0.1) is 10.6 Å². The predicted molar refractivity (Wildman–Crippen MR) is 69.0 cm³/mol. The molecule has 0 fully saturated rings. The number of hydrogen-bond acceptors (Lipinski definition) is 5. The van der Waals surface area contributed by atoms with E-state index in [4.69, 9.17) is 10.9 Å². The highest BCUT2D eigenvalue weighted by atomic mass is 32.2. The summed E-state index contributed by atoms with van der Waals surface area (Å²) in [6.07, 6.45) is 1.66. The van der Waals surface area contributed by atoms with Gasteiger partial charge in [0.1, 0.15) is 0 Å². The van der Waals surface area contributed by atoms with Crippen LogP contribution in [-0.4, -0.2) is 18.6 Å². The van der Waals surface area contributed by atoms with E-state index in [1.807, 2.05) is 19.1 Å². The molecule has 18 heavy (non-hydrogen) atoms. The van der Waals surface area contributed by atoms with Crippen LogP contribution in [0.4, 0.5) is 5.69 Å². The summed E-state index contributed by atoms with van der Waals surface area (Å²) in [4.78, 5) is 0.0394. The van der Waals surface area contributed by atoms with E-state index in [9.17, 15) is 8.42 Å². The Hall–Kier alpha value is -1.99. The standard InChI is InChI=1S/C6H8N2O2S.C5H6N2/c7-5-2-1-3-6(4-5)11(8,9)10;1-5-3-2-4-6-7-5/h1-4H,7H2,(H2,8,9,10);2-4H,1H3. The summed E-state index contributed by atoms with van der Waals surface area (Å²) in [6.45, 7) is 1.91. The third kappa shape index (κ3) is 4.89. The van der Waals surface area contributed by atoms with Crippen molar-refractivity contribution in [3.63, 3.8) is 0 Å². The fourth-order valence-corrected chi connectivity index (χ4v) is 1.64. The summed E-state index contributed by atoms with van der Waals surface area (Å²) in [5.41, 5.74) is 6.68. The van der Waals surface area contributed by atoms with Crippen LogP contribution < -0.4 is 10.9 Å². The van der Waals surface area contributed by atoms with Crippen LogP contribution >= 0.6 is 0 Å². The second kappa shape index (κ2) is 6.08. The molecule has 0 atom stereocenters. The van der Waals surface area contributed by atoms with Crippen LogP contribution in [0.15, 0.2) is 47.5 Å². The minimum absolute atomic E-state index is 0.0394. The largest absolute Gasteiger partial charge is 0.399 e. The lowest BCUT2D eigenvalue weighted by Gasteiger charge is -1.97. The Morgan fingerprint density at radius 3 is 2.22 bits per heavy atom. The summed E-state index contributed by atoms with van der Waals surface area (Å²) in [6, 6.07) is 9.61. The Kier molecular flexibility index (Phi) is 4.75. The van der Waals surface area contributed by atoms with Crippen LogP contribution in [0.1, 0.15) is 5.69 Å². The quantitative estimate of drug-likeness (QED) is 0.738. The minimum Gasteiger partial charge on any atom is -0.399 e. The van der Waals surface area contributed by atoms with Crippen LogP contribution in [0.25, 0.3) is 0 Å². The Morgan fingerprint density at radius 2 is 1.89 bits per heavy atom. The predicted octanol–water partition coefficient (Wildman–Crippen LogP) is 0.701. The summed E-state index contributed by atoms with van der Waals surface area (Å²) in [5.74, 6) is 0. The fraction of sp³-hybridized carbons (Fsp3) is 0.0909. The molecule has 0 unspecified atom stereocenters. The number of benzene rings is 1. The molecule has 1 aromatic heterocycles. The van der Waals surface area contributed by atoms with Gasteiger partial charge in [0.2, 0.25) is 10.0 Å². The molecule has 96 valence electrons. The molecule has 6 nitrogen and oxygen atoms in total. The maximum Gasteiger partial charge on any atom is 0.238 e. The van der Waals surface area contributed by atoms with Crippen molar-refractivity contribution in [3.05, 3.63) is 48.3 Å². The number of nitrogens with zero attached hydrogens (tertiary/aromatic N) is 2. The zero-order valence-corrected chi connectivity index (χ0v) is 10.6. The molecule has 2 aromatic rings. The highest BCUT2D eigenvalue weighted by Crippen LogP contribution is 2.09. The summed E-state index contributed by atoms with van der Waals surface area (Å²) >= 11 is 0. The normalized spacial score (nSPS) is 10.3. The number of anilines is 1. The van der Waals surface area contributed by atoms with Gasteiger partial charge in [-0.25, -0.2) is 13.6 Å². The lowest BCUT2D eigenvalue weighted by atomic mass is 10.3. The van der Waals surface area contributed by atoms with Crippen molar-refractivity contribution in [3.8, 4) is 0 Å². The van der Waals surface area contributed by atoms with Crippen LogP contribution in [0.3, 0.4) is 0 Å². The maximum absolute atomic E-state index is 10.7. The molecule has 2 rings (SSSR count). The van der Waals surface area contributed by atoms with Crippen molar-refractivity contribution in [2.45, 2.75) is 11.8 Å². The first kappa shape index (κ1) is 14.1. The molecule has 0 radical (unpaired) electrons. The number of primary sulfonamides is 1. The van der Waals surface area contributed by atoms with Gasteiger partial charge < -0.3 is 5.73 Å². The van der Waals surface area contributed by atoms with E-state index in [-0.39, 0.29) is 4.90 Å². The number of rotatable bonds is 1. The molecular weight excluding hydrogens is 252 g/mol. The van der Waals surface area contributed by atoms with Crippen molar-refractivity contribution >= 4 is 15.7 Å². The zero-order chi connectivity index (χ0) is 13.6. The van der Waals surface area contributed by atoms with Crippen molar-refractivity contribution in [1.82, 2.24) is 10.2 Å². The van der Waals surface area contributed by atoms with Crippen molar-refractivity contribution < 1.29 is 8.42 Å². The lowest BCUT2D eigenvalue weighted by Crippen LogP contribution is -2.12.